The van der Waals surface area contributed by atoms with E-state index in [1.54, 1.807) is 12.1 Å². The Morgan fingerprint density at radius 1 is 1.00 bits per heavy atom. The third-order valence-corrected chi connectivity index (χ3v) is 5.09. The summed E-state index contributed by atoms with van der Waals surface area (Å²) in [4.78, 5) is 4.70. The normalized spacial score (nSPS) is 15.8. The standard InChI is InChI=1S/C22H21F3N2O/c23-22(24,25)18-6-2-4-16(13-18)20-8-7-15-3-1-5-17(21(15)27-20)14-26-19-9-11-28-12-10-19/h1-8,13,19,26H,9-12,14H2. The summed E-state index contributed by atoms with van der Waals surface area (Å²) in [5.74, 6) is 0. The molecule has 1 saturated heterocycles. The van der Waals surface area contributed by atoms with Gasteiger partial charge in [-0.15, -0.1) is 0 Å². The van der Waals surface area contributed by atoms with Gasteiger partial charge in [0.05, 0.1) is 16.8 Å². The van der Waals surface area contributed by atoms with E-state index < -0.39 is 11.7 Å². The SMILES string of the molecule is FC(F)(F)c1cccc(-c2ccc3cccc(CNC4CCOCC4)c3n2)c1. The first-order valence-electron chi connectivity index (χ1n) is 9.38. The molecule has 2 aromatic carbocycles. The molecule has 0 unspecified atom stereocenters. The Morgan fingerprint density at radius 2 is 1.79 bits per heavy atom. The Balaban J connectivity index is 1.64. The lowest BCUT2D eigenvalue weighted by molar-refractivity contribution is -0.137. The zero-order valence-corrected chi connectivity index (χ0v) is 15.3. The summed E-state index contributed by atoms with van der Waals surface area (Å²) in [5.41, 5.74) is 2.19. The minimum absolute atomic E-state index is 0.413. The van der Waals surface area contributed by atoms with Gasteiger partial charge < -0.3 is 10.1 Å². The molecule has 1 N–H and O–H groups in total. The van der Waals surface area contributed by atoms with E-state index in [0.29, 0.717) is 23.8 Å². The highest BCUT2D eigenvalue weighted by Crippen LogP contribution is 2.32. The van der Waals surface area contributed by atoms with Gasteiger partial charge in [-0.2, -0.15) is 13.2 Å². The van der Waals surface area contributed by atoms with Crippen LogP contribution in [-0.4, -0.2) is 24.2 Å². The summed E-state index contributed by atoms with van der Waals surface area (Å²) in [6, 6.07) is 15.4. The Kier molecular flexibility index (Phi) is 5.33. The van der Waals surface area contributed by atoms with Gasteiger partial charge in [-0.3, -0.25) is 0 Å². The van der Waals surface area contributed by atoms with Crippen LogP contribution in [0, 0.1) is 0 Å². The number of hydrogen-bond acceptors (Lipinski definition) is 3. The Bertz CT molecular complexity index is 965. The van der Waals surface area contributed by atoms with Crippen molar-refractivity contribution in [3.05, 3.63) is 65.7 Å². The van der Waals surface area contributed by atoms with Crippen LogP contribution in [0.1, 0.15) is 24.0 Å². The molecule has 0 amide bonds. The quantitative estimate of drug-likeness (QED) is 0.670. The van der Waals surface area contributed by atoms with E-state index in [-0.39, 0.29) is 0 Å². The number of benzene rings is 2. The van der Waals surface area contributed by atoms with Crippen LogP contribution in [0.5, 0.6) is 0 Å². The lowest BCUT2D eigenvalue weighted by Gasteiger charge is -2.23. The van der Waals surface area contributed by atoms with Gasteiger partial charge in [0.15, 0.2) is 0 Å². The predicted molar refractivity (Wildman–Crippen MR) is 103 cm³/mol. The van der Waals surface area contributed by atoms with Crippen LogP contribution in [0.4, 0.5) is 13.2 Å². The number of para-hydroxylation sites is 1. The van der Waals surface area contributed by atoms with Crippen molar-refractivity contribution in [1.82, 2.24) is 10.3 Å². The van der Waals surface area contributed by atoms with E-state index in [1.807, 2.05) is 24.3 Å². The maximum absolute atomic E-state index is 13.0. The summed E-state index contributed by atoms with van der Waals surface area (Å²) >= 11 is 0. The molecule has 146 valence electrons. The topological polar surface area (TPSA) is 34.1 Å². The van der Waals surface area contributed by atoms with Crippen molar-refractivity contribution >= 4 is 10.9 Å². The van der Waals surface area contributed by atoms with E-state index in [0.717, 1.165) is 54.7 Å². The van der Waals surface area contributed by atoms with E-state index in [1.165, 1.54) is 6.07 Å². The Hall–Kier alpha value is -2.44. The van der Waals surface area contributed by atoms with Gasteiger partial charge >= 0.3 is 6.18 Å². The molecule has 3 nitrogen and oxygen atoms in total. The molecule has 0 atom stereocenters. The molecule has 0 bridgehead atoms. The van der Waals surface area contributed by atoms with Crippen LogP contribution in [0.3, 0.4) is 0 Å². The third-order valence-electron chi connectivity index (χ3n) is 5.09. The number of ether oxygens (including phenoxy) is 1. The number of halogens is 3. The molecule has 1 fully saturated rings. The van der Waals surface area contributed by atoms with Gasteiger partial charge in [0, 0.05) is 36.8 Å². The van der Waals surface area contributed by atoms with Crippen LogP contribution in [0.15, 0.2) is 54.6 Å². The van der Waals surface area contributed by atoms with Crippen molar-refractivity contribution in [3.63, 3.8) is 0 Å². The average molecular weight is 386 g/mol. The summed E-state index contributed by atoms with van der Waals surface area (Å²) in [6.07, 6.45) is -2.41. The summed E-state index contributed by atoms with van der Waals surface area (Å²) in [7, 11) is 0. The minimum atomic E-state index is -4.37. The number of nitrogens with zero attached hydrogens (tertiary/aromatic N) is 1. The first kappa shape index (κ1) is 18.9. The van der Waals surface area contributed by atoms with E-state index >= 15 is 0 Å². The smallest absolute Gasteiger partial charge is 0.381 e. The predicted octanol–water partition coefficient (Wildman–Crippen LogP) is 5.19. The zero-order chi connectivity index (χ0) is 19.6. The third kappa shape index (κ3) is 4.18. The van der Waals surface area contributed by atoms with Gasteiger partial charge in [-0.1, -0.05) is 36.4 Å². The monoisotopic (exact) mass is 386 g/mol. The number of alkyl halides is 3. The second kappa shape index (κ2) is 7.89. The molecule has 28 heavy (non-hydrogen) atoms. The lowest BCUT2D eigenvalue weighted by atomic mass is 10.0. The van der Waals surface area contributed by atoms with Gasteiger partial charge in [-0.05, 0) is 36.6 Å². The first-order valence-corrected chi connectivity index (χ1v) is 9.38. The van der Waals surface area contributed by atoms with Gasteiger partial charge in [0.2, 0.25) is 0 Å². The highest BCUT2D eigenvalue weighted by atomic mass is 19.4. The molecule has 0 saturated carbocycles. The van der Waals surface area contributed by atoms with Crippen molar-refractivity contribution in [2.24, 2.45) is 0 Å². The van der Waals surface area contributed by atoms with Crippen molar-refractivity contribution in [2.75, 3.05) is 13.2 Å². The summed E-state index contributed by atoms with van der Waals surface area (Å²) in [5, 5.41) is 4.52. The maximum Gasteiger partial charge on any atom is 0.416 e. The van der Waals surface area contributed by atoms with Crippen LogP contribution in [0.25, 0.3) is 22.2 Å². The molecule has 0 spiro atoms. The number of aromatic nitrogens is 1. The first-order chi connectivity index (χ1) is 13.5. The molecule has 1 aliphatic heterocycles. The number of rotatable bonds is 4. The van der Waals surface area contributed by atoms with Crippen LogP contribution < -0.4 is 5.32 Å². The fourth-order valence-corrected chi connectivity index (χ4v) is 3.52. The largest absolute Gasteiger partial charge is 0.416 e. The zero-order valence-electron chi connectivity index (χ0n) is 15.3. The number of hydrogen-bond donors (Lipinski definition) is 1. The summed E-state index contributed by atoms with van der Waals surface area (Å²) in [6.45, 7) is 2.21. The van der Waals surface area contributed by atoms with Crippen molar-refractivity contribution in [1.29, 1.82) is 0 Å². The highest BCUT2D eigenvalue weighted by molar-refractivity contribution is 5.84. The van der Waals surface area contributed by atoms with E-state index in [2.05, 4.69) is 5.32 Å². The molecule has 1 aliphatic rings. The minimum Gasteiger partial charge on any atom is -0.381 e. The van der Waals surface area contributed by atoms with E-state index in [4.69, 9.17) is 9.72 Å². The Labute approximate surface area is 161 Å². The molecule has 0 radical (unpaired) electrons. The fraction of sp³-hybridized carbons (Fsp3) is 0.318. The number of fused-ring (bicyclic) bond motifs is 1. The lowest BCUT2D eigenvalue weighted by Crippen LogP contribution is -2.34. The molecule has 0 aliphatic carbocycles. The van der Waals surface area contributed by atoms with Crippen LogP contribution in [0.2, 0.25) is 0 Å². The highest BCUT2D eigenvalue weighted by Gasteiger charge is 2.30. The second-order valence-corrected chi connectivity index (χ2v) is 7.03. The molecule has 6 heteroatoms. The van der Waals surface area contributed by atoms with Gasteiger partial charge in [0.1, 0.15) is 0 Å². The second-order valence-electron chi connectivity index (χ2n) is 7.03. The number of pyridine rings is 1. The molecule has 2 heterocycles. The average Bonchev–Trinajstić information content (AvgIpc) is 2.72. The molecule has 3 aromatic rings. The summed E-state index contributed by atoms with van der Waals surface area (Å²) < 4.78 is 44.5. The fourth-order valence-electron chi connectivity index (χ4n) is 3.52. The molecular formula is C22H21F3N2O. The molecule has 4 rings (SSSR count). The maximum atomic E-state index is 13.0. The van der Waals surface area contributed by atoms with Gasteiger partial charge in [0.25, 0.3) is 0 Å². The van der Waals surface area contributed by atoms with Crippen molar-refractivity contribution in [2.45, 2.75) is 31.6 Å². The number of nitrogens with one attached hydrogen (secondary N) is 1. The van der Waals surface area contributed by atoms with Crippen molar-refractivity contribution < 1.29 is 17.9 Å². The van der Waals surface area contributed by atoms with Crippen LogP contribution >= 0.6 is 0 Å². The molecular weight excluding hydrogens is 365 g/mol. The molecule has 1 aromatic heterocycles. The Morgan fingerprint density at radius 3 is 2.57 bits per heavy atom. The van der Waals surface area contributed by atoms with Crippen LogP contribution in [-0.2, 0) is 17.5 Å². The van der Waals surface area contributed by atoms with Crippen molar-refractivity contribution in [3.8, 4) is 11.3 Å². The van der Waals surface area contributed by atoms with Gasteiger partial charge in [-0.25, -0.2) is 4.98 Å². The van der Waals surface area contributed by atoms with E-state index in [9.17, 15) is 13.2 Å².